The van der Waals surface area contributed by atoms with Gasteiger partial charge in [0.2, 0.25) is 0 Å². The Hall–Kier alpha value is -4.07. The summed E-state index contributed by atoms with van der Waals surface area (Å²) in [7, 11) is 1.52. The van der Waals surface area contributed by atoms with E-state index in [9.17, 15) is 10.1 Å². The Bertz CT molecular complexity index is 1330. The number of hydrogen-bond acceptors (Lipinski definition) is 5. The van der Waals surface area contributed by atoms with Crippen molar-refractivity contribution < 1.29 is 14.3 Å². The van der Waals surface area contributed by atoms with Gasteiger partial charge in [0.15, 0.2) is 11.5 Å². The lowest BCUT2D eigenvalue weighted by Gasteiger charge is -2.14. The van der Waals surface area contributed by atoms with Gasteiger partial charge in [-0.2, -0.15) is 10.5 Å². The van der Waals surface area contributed by atoms with Crippen LogP contribution in [0.1, 0.15) is 27.8 Å². The van der Waals surface area contributed by atoms with Crippen molar-refractivity contribution in [2.24, 2.45) is 0 Å². The summed E-state index contributed by atoms with van der Waals surface area (Å²) < 4.78 is 12.0. The van der Waals surface area contributed by atoms with Gasteiger partial charge in [-0.1, -0.05) is 24.3 Å². The second-order valence-corrected chi connectivity index (χ2v) is 8.43. The van der Waals surface area contributed by atoms with E-state index in [1.165, 1.54) is 13.2 Å². The molecule has 0 aliphatic carbocycles. The summed E-state index contributed by atoms with van der Waals surface area (Å²) >= 11 is 3.49. The Kier molecular flexibility index (Phi) is 8.08. The summed E-state index contributed by atoms with van der Waals surface area (Å²) in [5.41, 5.74) is 4.61. The number of amides is 1. The van der Waals surface area contributed by atoms with E-state index in [0.717, 1.165) is 16.7 Å². The zero-order valence-electron chi connectivity index (χ0n) is 19.0. The van der Waals surface area contributed by atoms with Crippen LogP contribution in [0.15, 0.2) is 64.6 Å². The summed E-state index contributed by atoms with van der Waals surface area (Å²) in [5, 5.41) is 21.3. The molecule has 0 radical (unpaired) electrons. The molecule has 3 aromatic carbocycles. The molecule has 1 N–H and O–H groups in total. The number of hydrogen-bond donors (Lipinski definition) is 1. The molecular weight excluding hydrogens is 494 g/mol. The Morgan fingerprint density at radius 2 is 1.82 bits per heavy atom. The van der Waals surface area contributed by atoms with Crippen LogP contribution in [0.4, 0.5) is 5.69 Å². The van der Waals surface area contributed by atoms with Crippen molar-refractivity contribution >= 4 is 33.6 Å². The van der Waals surface area contributed by atoms with E-state index in [4.69, 9.17) is 14.7 Å². The fourth-order valence-electron chi connectivity index (χ4n) is 3.17. The van der Waals surface area contributed by atoms with E-state index in [2.05, 4.69) is 27.3 Å². The molecule has 1 amide bonds. The largest absolute Gasteiger partial charge is 0.493 e. The smallest absolute Gasteiger partial charge is 0.266 e. The van der Waals surface area contributed by atoms with E-state index in [0.29, 0.717) is 32.8 Å². The van der Waals surface area contributed by atoms with Crippen LogP contribution in [-0.2, 0) is 11.4 Å². The van der Waals surface area contributed by atoms with Gasteiger partial charge in [0.1, 0.15) is 18.2 Å². The Balaban J connectivity index is 1.82. The van der Waals surface area contributed by atoms with Gasteiger partial charge in [-0.3, -0.25) is 4.79 Å². The fourth-order valence-corrected chi connectivity index (χ4v) is 3.74. The highest BCUT2D eigenvalue weighted by Crippen LogP contribution is 2.38. The molecule has 0 saturated heterocycles. The number of aryl methyl sites for hydroxylation is 2. The lowest BCUT2D eigenvalue weighted by atomic mass is 10.1. The van der Waals surface area contributed by atoms with E-state index in [1.54, 1.807) is 24.3 Å². The van der Waals surface area contributed by atoms with E-state index >= 15 is 0 Å². The van der Waals surface area contributed by atoms with Crippen LogP contribution < -0.4 is 14.8 Å². The molecule has 0 saturated carbocycles. The zero-order chi connectivity index (χ0) is 24.7. The topological polar surface area (TPSA) is 95.1 Å². The van der Waals surface area contributed by atoms with Gasteiger partial charge in [-0.05, 0) is 88.4 Å². The number of carbonyl (C=O) groups excluding carboxylic acids is 1. The molecule has 0 heterocycles. The van der Waals surface area contributed by atoms with Crippen LogP contribution in [0.25, 0.3) is 6.08 Å². The molecule has 3 rings (SSSR count). The van der Waals surface area contributed by atoms with Crippen LogP contribution in [0.2, 0.25) is 0 Å². The van der Waals surface area contributed by atoms with Crippen molar-refractivity contribution in [2.75, 3.05) is 12.4 Å². The predicted octanol–water partition coefficient (Wildman–Crippen LogP) is 6.07. The van der Waals surface area contributed by atoms with Gasteiger partial charge in [0, 0.05) is 5.69 Å². The Labute approximate surface area is 207 Å². The molecule has 0 aromatic heterocycles. The lowest BCUT2D eigenvalue weighted by molar-refractivity contribution is -0.112. The first-order valence-electron chi connectivity index (χ1n) is 10.3. The van der Waals surface area contributed by atoms with Crippen molar-refractivity contribution in [3.8, 4) is 23.6 Å². The highest BCUT2D eigenvalue weighted by atomic mass is 79.9. The summed E-state index contributed by atoms with van der Waals surface area (Å²) in [6.07, 6.45) is 1.50. The van der Waals surface area contributed by atoms with E-state index in [1.807, 2.05) is 50.2 Å². The number of ether oxygens (including phenoxy) is 2. The first-order chi connectivity index (χ1) is 16.3. The molecule has 0 aliphatic rings. The third-order valence-electron chi connectivity index (χ3n) is 5.04. The molecule has 0 atom stereocenters. The highest BCUT2D eigenvalue weighted by molar-refractivity contribution is 9.10. The van der Waals surface area contributed by atoms with Gasteiger partial charge in [-0.15, -0.1) is 0 Å². The predicted molar refractivity (Wildman–Crippen MR) is 134 cm³/mol. The highest BCUT2D eigenvalue weighted by Gasteiger charge is 2.15. The number of benzene rings is 3. The van der Waals surface area contributed by atoms with Crippen LogP contribution >= 0.6 is 15.9 Å². The molecular formula is C27H22BrN3O3. The summed E-state index contributed by atoms with van der Waals surface area (Å²) in [6, 6.07) is 20.3. The monoisotopic (exact) mass is 515 g/mol. The van der Waals surface area contributed by atoms with Gasteiger partial charge in [-0.25, -0.2) is 0 Å². The number of methoxy groups -OCH3 is 1. The average Bonchev–Trinajstić information content (AvgIpc) is 2.84. The molecule has 0 aliphatic heterocycles. The number of nitrogens with zero attached hydrogens (tertiary/aromatic N) is 2. The van der Waals surface area contributed by atoms with Crippen LogP contribution in [0.5, 0.6) is 11.5 Å². The quantitative estimate of drug-likeness (QED) is 0.304. The summed E-state index contributed by atoms with van der Waals surface area (Å²) in [4.78, 5) is 12.7. The number of nitrogens with one attached hydrogen (secondary N) is 1. The molecule has 6 nitrogen and oxygen atoms in total. The number of anilines is 1. The maximum atomic E-state index is 12.7. The molecule has 0 bridgehead atoms. The maximum absolute atomic E-state index is 12.7. The summed E-state index contributed by atoms with van der Waals surface area (Å²) in [5.74, 6) is 0.441. The first kappa shape index (κ1) is 24.6. The number of halogens is 1. The van der Waals surface area contributed by atoms with Gasteiger partial charge < -0.3 is 14.8 Å². The standard InChI is InChI=1S/C27H22BrN3O3/c1-17-4-5-18(2)24(10-17)31-27(32)22(15-30)11-21-12-23(28)26(25(13-21)33-3)34-16-20-8-6-19(14-29)7-9-20/h4-13H,16H2,1-3H3,(H,31,32)/b22-11+. The number of carbonyl (C=O) groups is 1. The molecule has 34 heavy (non-hydrogen) atoms. The molecule has 170 valence electrons. The van der Waals surface area contributed by atoms with Crippen LogP contribution in [0, 0.1) is 36.5 Å². The minimum atomic E-state index is -0.493. The summed E-state index contributed by atoms with van der Waals surface area (Å²) in [6.45, 7) is 4.10. The second-order valence-electron chi connectivity index (χ2n) is 7.57. The van der Waals surface area contributed by atoms with Crippen LogP contribution in [-0.4, -0.2) is 13.0 Å². The molecule has 0 unspecified atom stereocenters. The molecule has 3 aromatic rings. The third kappa shape index (κ3) is 6.04. The number of nitriles is 2. The number of rotatable bonds is 7. The van der Waals surface area contributed by atoms with Crippen molar-refractivity contribution in [3.05, 3.63) is 92.5 Å². The Morgan fingerprint density at radius 3 is 2.47 bits per heavy atom. The van der Waals surface area contributed by atoms with Crippen molar-refractivity contribution in [1.82, 2.24) is 0 Å². The minimum Gasteiger partial charge on any atom is -0.493 e. The third-order valence-corrected chi connectivity index (χ3v) is 5.62. The lowest BCUT2D eigenvalue weighted by Crippen LogP contribution is -2.14. The fraction of sp³-hybridized carbons (Fsp3) is 0.148. The maximum Gasteiger partial charge on any atom is 0.266 e. The normalized spacial score (nSPS) is 10.7. The van der Waals surface area contributed by atoms with E-state index in [-0.39, 0.29) is 12.2 Å². The zero-order valence-corrected chi connectivity index (χ0v) is 20.6. The Morgan fingerprint density at radius 1 is 1.09 bits per heavy atom. The first-order valence-corrected chi connectivity index (χ1v) is 11.1. The SMILES string of the molecule is COc1cc(/C=C(\C#N)C(=O)Nc2cc(C)ccc2C)cc(Br)c1OCc1ccc(C#N)cc1. The van der Waals surface area contributed by atoms with Gasteiger partial charge in [0.25, 0.3) is 5.91 Å². The molecule has 7 heteroatoms. The molecule has 0 fully saturated rings. The second kappa shape index (κ2) is 11.2. The van der Waals surface area contributed by atoms with Crippen molar-refractivity contribution in [1.29, 1.82) is 10.5 Å². The van der Waals surface area contributed by atoms with Gasteiger partial charge in [0.05, 0.1) is 23.2 Å². The molecule has 0 spiro atoms. The van der Waals surface area contributed by atoms with Crippen LogP contribution in [0.3, 0.4) is 0 Å². The van der Waals surface area contributed by atoms with Crippen molar-refractivity contribution in [3.63, 3.8) is 0 Å². The minimum absolute atomic E-state index is 0.0406. The average molecular weight is 516 g/mol. The van der Waals surface area contributed by atoms with Gasteiger partial charge >= 0.3 is 0 Å². The van der Waals surface area contributed by atoms with E-state index < -0.39 is 5.91 Å². The van der Waals surface area contributed by atoms with Crippen molar-refractivity contribution in [2.45, 2.75) is 20.5 Å².